The zero-order valence-corrected chi connectivity index (χ0v) is 12.3. The van der Waals surface area contributed by atoms with Crippen molar-refractivity contribution in [3.63, 3.8) is 0 Å². The number of ether oxygens (including phenoxy) is 3. The zero-order chi connectivity index (χ0) is 14.3. The molecule has 2 heterocycles. The molecule has 2 aliphatic rings. The van der Waals surface area contributed by atoms with Crippen molar-refractivity contribution in [3.8, 4) is 0 Å². The Kier molecular flexibility index (Phi) is 3.56. The number of carbonyl (C=O) groups is 1. The molecule has 0 N–H and O–H groups in total. The summed E-state index contributed by atoms with van der Waals surface area (Å²) in [7, 11) is 0. The summed E-state index contributed by atoms with van der Waals surface area (Å²) < 4.78 is 18.7. The third-order valence-corrected chi connectivity index (χ3v) is 3.99. The van der Waals surface area contributed by atoms with Crippen LogP contribution in [0.3, 0.4) is 0 Å². The maximum absolute atomic E-state index is 12.3. The Morgan fingerprint density at radius 3 is 2.45 bits per heavy atom. The largest absolute Gasteiger partial charge is 0.462 e. The normalized spacial score (nSPS) is 19.6. The van der Waals surface area contributed by atoms with Gasteiger partial charge in [0.1, 0.15) is 0 Å². The molecular formula is C15H21NO4. The highest BCUT2D eigenvalue weighted by atomic mass is 16.7. The van der Waals surface area contributed by atoms with Gasteiger partial charge in [0, 0.05) is 23.0 Å². The second kappa shape index (κ2) is 5.22. The van der Waals surface area contributed by atoms with Gasteiger partial charge in [0.2, 0.25) is 0 Å². The molecule has 1 aromatic rings. The van der Waals surface area contributed by atoms with E-state index in [1.807, 2.05) is 20.8 Å². The summed E-state index contributed by atoms with van der Waals surface area (Å²) in [5, 5.41) is 0. The van der Waals surface area contributed by atoms with Gasteiger partial charge in [0.15, 0.2) is 6.29 Å². The first-order chi connectivity index (χ1) is 9.65. The fourth-order valence-corrected chi connectivity index (χ4v) is 3.03. The predicted octanol–water partition coefficient (Wildman–Crippen LogP) is 2.66. The molecule has 20 heavy (non-hydrogen) atoms. The first-order valence-corrected chi connectivity index (χ1v) is 7.26. The fraction of sp³-hybridized carbons (Fsp3) is 0.667. The van der Waals surface area contributed by atoms with Crippen molar-refractivity contribution in [2.45, 2.75) is 45.9 Å². The molecule has 1 saturated carbocycles. The van der Waals surface area contributed by atoms with Gasteiger partial charge in [0.05, 0.1) is 25.4 Å². The Hall–Kier alpha value is -1.33. The second-order valence-corrected chi connectivity index (χ2v) is 5.35. The van der Waals surface area contributed by atoms with E-state index in [9.17, 15) is 4.79 Å². The topological polar surface area (TPSA) is 49.7 Å². The maximum atomic E-state index is 12.3. The van der Waals surface area contributed by atoms with Crippen LogP contribution in [0, 0.1) is 13.8 Å². The Bertz CT molecular complexity index is 524. The van der Waals surface area contributed by atoms with E-state index in [0.717, 1.165) is 17.0 Å². The SMILES string of the molecule is CCOC(=O)c1c(C2OCCO2)c(C)n(C2CC2)c1C. The molecule has 0 amide bonds. The average molecular weight is 279 g/mol. The predicted molar refractivity (Wildman–Crippen MR) is 72.8 cm³/mol. The molecule has 0 radical (unpaired) electrons. The smallest absolute Gasteiger partial charge is 0.340 e. The van der Waals surface area contributed by atoms with Gasteiger partial charge >= 0.3 is 5.97 Å². The third kappa shape index (κ3) is 2.15. The first kappa shape index (κ1) is 13.6. The van der Waals surface area contributed by atoms with Gasteiger partial charge in [-0.3, -0.25) is 0 Å². The van der Waals surface area contributed by atoms with Crippen molar-refractivity contribution in [3.05, 3.63) is 22.5 Å². The number of aromatic nitrogens is 1. The summed E-state index contributed by atoms with van der Waals surface area (Å²) in [6.45, 7) is 7.35. The molecular weight excluding hydrogens is 258 g/mol. The van der Waals surface area contributed by atoms with Gasteiger partial charge in [-0.1, -0.05) is 0 Å². The molecule has 0 atom stereocenters. The van der Waals surface area contributed by atoms with E-state index in [-0.39, 0.29) is 5.97 Å². The molecule has 0 spiro atoms. The van der Waals surface area contributed by atoms with Gasteiger partial charge in [-0.25, -0.2) is 4.79 Å². The van der Waals surface area contributed by atoms with Crippen molar-refractivity contribution in [1.29, 1.82) is 0 Å². The average Bonchev–Trinajstić information content (AvgIpc) is 3.01. The molecule has 3 rings (SSSR count). The van der Waals surface area contributed by atoms with E-state index in [2.05, 4.69) is 4.57 Å². The number of carbonyl (C=O) groups excluding carboxylic acids is 1. The van der Waals surface area contributed by atoms with E-state index < -0.39 is 6.29 Å². The number of esters is 1. The third-order valence-electron chi connectivity index (χ3n) is 3.99. The minimum absolute atomic E-state index is 0.276. The number of hydrogen-bond donors (Lipinski definition) is 0. The Morgan fingerprint density at radius 2 is 1.90 bits per heavy atom. The summed E-state index contributed by atoms with van der Waals surface area (Å²) in [6, 6.07) is 0.512. The molecule has 0 bridgehead atoms. The van der Waals surface area contributed by atoms with Gasteiger partial charge in [0.25, 0.3) is 0 Å². The monoisotopic (exact) mass is 279 g/mol. The van der Waals surface area contributed by atoms with Crippen LogP contribution in [0.2, 0.25) is 0 Å². The van der Waals surface area contributed by atoms with Crippen LogP contribution in [-0.4, -0.2) is 30.4 Å². The van der Waals surface area contributed by atoms with Crippen LogP contribution in [0.5, 0.6) is 0 Å². The molecule has 0 unspecified atom stereocenters. The van der Waals surface area contributed by atoms with Crippen molar-refractivity contribution in [2.75, 3.05) is 19.8 Å². The highest BCUT2D eigenvalue weighted by molar-refractivity contribution is 5.93. The molecule has 5 heteroatoms. The molecule has 1 aliphatic carbocycles. The summed E-state index contributed by atoms with van der Waals surface area (Å²) in [6.07, 6.45) is 1.91. The van der Waals surface area contributed by atoms with E-state index >= 15 is 0 Å². The maximum Gasteiger partial charge on any atom is 0.340 e. The molecule has 0 aromatic carbocycles. The van der Waals surface area contributed by atoms with Crippen molar-refractivity contribution in [2.24, 2.45) is 0 Å². The van der Waals surface area contributed by atoms with Crippen molar-refractivity contribution < 1.29 is 19.0 Å². The van der Waals surface area contributed by atoms with Crippen molar-refractivity contribution >= 4 is 5.97 Å². The Morgan fingerprint density at radius 1 is 1.25 bits per heavy atom. The van der Waals surface area contributed by atoms with Crippen LogP contribution < -0.4 is 0 Å². The van der Waals surface area contributed by atoms with Crippen LogP contribution in [0.1, 0.15) is 59.4 Å². The summed E-state index contributed by atoms with van der Waals surface area (Å²) in [5.41, 5.74) is 3.52. The van der Waals surface area contributed by atoms with Gasteiger partial charge in [-0.15, -0.1) is 0 Å². The minimum atomic E-state index is -0.437. The summed E-state index contributed by atoms with van der Waals surface area (Å²) >= 11 is 0. The van der Waals surface area contributed by atoms with E-state index in [1.165, 1.54) is 12.8 Å². The van der Waals surface area contributed by atoms with Crippen molar-refractivity contribution in [1.82, 2.24) is 4.57 Å². The molecule has 5 nitrogen and oxygen atoms in total. The lowest BCUT2D eigenvalue weighted by Gasteiger charge is -2.12. The summed E-state index contributed by atoms with van der Waals surface area (Å²) in [5.74, 6) is -0.276. The number of hydrogen-bond acceptors (Lipinski definition) is 4. The highest BCUT2D eigenvalue weighted by Crippen LogP contribution is 2.42. The van der Waals surface area contributed by atoms with Crippen LogP contribution in [-0.2, 0) is 14.2 Å². The zero-order valence-electron chi connectivity index (χ0n) is 12.3. The molecule has 2 fully saturated rings. The van der Waals surface area contributed by atoms with Gasteiger partial charge in [-0.05, 0) is 33.6 Å². The minimum Gasteiger partial charge on any atom is -0.462 e. The van der Waals surface area contributed by atoms with E-state index in [4.69, 9.17) is 14.2 Å². The van der Waals surface area contributed by atoms with Gasteiger partial charge < -0.3 is 18.8 Å². The second-order valence-electron chi connectivity index (χ2n) is 5.35. The molecule has 110 valence electrons. The van der Waals surface area contributed by atoms with Gasteiger partial charge in [-0.2, -0.15) is 0 Å². The number of rotatable bonds is 4. The summed E-state index contributed by atoms with van der Waals surface area (Å²) in [4.78, 5) is 12.3. The van der Waals surface area contributed by atoms with Crippen LogP contribution >= 0.6 is 0 Å². The standard InChI is InChI=1S/C15H21NO4/c1-4-18-14(17)12-9(2)16(11-5-6-11)10(3)13(12)15-19-7-8-20-15/h11,15H,4-8H2,1-3H3. The Labute approximate surface area is 118 Å². The van der Waals surface area contributed by atoms with E-state index in [1.54, 1.807) is 0 Å². The van der Waals surface area contributed by atoms with Crippen LogP contribution in [0.15, 0.2) is 0 Å². The quantitative estimate of drug-likeness (QED) is 0.795. The van der Waals surface area contributed by atoms with Crippen LogP contribution in [0.4, 0.5) is 0 Å². The lowest BCUT2D eigenvalue weighted by molar-refractivity contribution is -0.0453. The first-order valence-electron chi connectivity index (χ1n) is 7.26. The Balaban J connectivity index is 2.08. The van der Waals surface area contributed by atoms with E-state index in [0.29, 0.717) is 31.4 Å². The number of nitrogens with zero attached hydrogens (tertiary/aromatic N) is 1. The lowest BCUT2D eigenvalue weighted by atomic mass is 10.1. The molecule has 1 aliphatic heterocycles. The molecule has 1 saturated heterocycles. The highest BCUT2D eigenvalue weighted by Gasteiger charge is 2.36. The molecule has 1 aromatic heterocycles. The fourth-order valence-electron chi connectivity index (χ4n) is 3.03. The lowest BCUT2D eigenvalue weighted by Crippen LogP contribution is -2.11. The van der Waals surface area contributed by atoms with Crippen LogP contribution in [0.25, 0.3) is 0 Å².